The molecule has 0 aliphatic rings. The fourth-order valence-corrected chi connectivity index (χ4v) is 3.42. The molecule has 0 saturated carbocycles. The Morgan fingerprint density at radius 1 is 1.07 bits per heavy atom. The van der Waals surface area contributed by atoms with Gasteiger partial charge in [-0.2, -0.15) is 0 Å². The van der Waals surface area contributed by atoms with E-state index < -0.39 is 11.7 Å². The number of hydrogen-bond acceptors (Lipinski definition) is 3. The molecule has 156 valence electrons. The maximum Gasteiger partial charge on any atom is 0.412 e. The second kappa shape index (κ2) is 8.62. The maximum atomic E-state index is 12.1. The van der Waals surface area contributed by atoms with Crippen LogP contribution >= 0.6 is 0 Å². The molecule has 0 atom stereocenters. The van der Waals surface area contributed by atoms with Crippen LogP contribution in [0.2, 0.25) is 0 Å². The van der Waals surface area contributed by atoms with Crippen LogP contribution in [-0.2, 0) is 11.3 Å². The first-order valence-electron chi connectivity index (χ1n) is 10.0. The molecule has 4 nitrogen and oxygen atoms in total. The van der Waals surface area contributed by atoms with E-state index in [9.17, 15) is 4.79 Å². The second-order valence-corrected chi connectivity index (χ2v) is 8.51. The highest BCUT2D eigenvalue weighted by atomic mass is 16.6. The molecule has 0 spiro atoms. The fourth-order valence-electron chi connectivity index (χ4n) is 3.42. The first-order chi connectivity index (χ1) is 14.1. The highest BCUT2D eigenvalue weighted by Crippen LogP contribution is 2.38. The summed E-state index contributed by atoms with van der Waals surface area (Å²) in [4.78, 5) is 12.1. The Labute approximate surface area is 178 Å². The van der Waals surface area contributed by atoms with Crippen molar-refractivity contribution in [1.29, 1.82) is 0 Å². The summed E-state index contributed by atoms with van der Waals surface area (Å²) in [7, 11) is 0. The second-order valence-electron chi connectivity index (χ2n) is 8.51. The van der Waals surface area contributed by atoms with Gasteiger partial charge in [-0.15, -0.1) is 0 Å². The number of allylic oxidation sites excluding steroid dienone is 1. The highest BCUT2D eigenvalue weighted by Gasteiger charge is 2.18. The molecule has 0 fully saturated rings. The van der Waals surface area contributed by atoms with Gasteiger partial charge in [0, 0.05) is 16.6 Å². The van der Waals surface area contributed by atoms with E-state index in [1.165, 1.54) is 0 Å². The van der Waals surface area contributed by atoms with Crippen LogP contribution < -0.4 is 10.1 Å². The van der Waals surface area contributed by atoms with Gasteiger partial charge in [0.1, 0.15) is 18.0 Å². The normalized spacial score (nSPS) is 11.2. The van der Waals surface area contributed by atoms with Crippen LogP contribution in [0, 0.1) is 6.92 Å². The third-order valence-corrected chi connectivity index (χ3v) is 4.59. The van der Waals surface area contributed by atoms with Gasteiger partial charge >= 0.3 is 6.09 Å². The number of carbonyl (C=O) groups is 1. The smallest absolute Gasteiger partial charge is 0.412 e. The lowest BCUT2D eigenvalue weighted by atomic mass is 9.96. The van der Waals surface area contributed by atoms with Gasteiger partial charge in [0.2, 0.25) is 0 Å². The number of aryl methyl sites for hydroxylation is 1. The monoisotopic (exact) mass is 403 g/mol. The van der Waals surface area contributed by atoms with Crippen molar-refractivity contribution >= 4 is 28.1 Å². The quantitative estimate of drug-likeness (QED) is 0.494. The lowest BCUT2D eigenvalue weighted by Crippen LogP contribution is -2.27. The van der Waals surface area contributed by atoms with Gasteiger partial charge in [0.25, 0.3) is 0 Å². The molecule has 0 aliphatic heterocycles. The molecule has 0 aliphatic carbocycles. The minimum absolute atomic E-state index is 0.470. The SMILES string of the molecule is C=C(C)c1c(C)cc2cc(NC(=O)OC(C)(C)C)ccc2c1OCc1ccccc1. The number of carbonyl (C=O) groups excluding carboxylic acids is 1. The minimum Gasteiger partial charge on any atom is -0.488 e. The predicted molar refractivity (Wildman–Crippen MR) is 124 cm³/mol. The third kappa shape index (κ3) is 5.20. The van der Waals surface area contributed by atoms with E-state index in [1.54, 1.807) is 0 Å². The largest absolute Gasteiger partial charge is 0.488 e. The van der Waals surface area contributed by atoms with E-state index >= 15 is 0 Å². The van der Waals surface area contributed by atoms with Crippen molar-refractivity contribution in [3.05, 3.63) is 77.9 Å². The standard InChI is InChI=1S/C26H29NO3/c1-17(2)23-18(3)14-20-15-21(27-25(28)30-26(4,5)6)12-13-22(20)24(23)29-16-19-10-8-7-9-11-19/h7-15H,1,16H2,2-6H3,(H,27,28). The summed E-state index contributed by atoms with van der Waals surface area (Å²) in [6.45, 7) is 14.2. The molecule has 0 heterocycles. The van der Waals surface area contributed by atoms with Crippen molar-refractivity contribution < 1.29 is 14.3 Å². The number of ether oxygens (including phenoxy) is 2. The molecule has 3 rings (SSSR count). The Morgan fingerprint density at radius 3 is 2.40 bits per heavy atom. The summed E-state index contributed by atoms with van der Waals surface area (Å²) in [5, 5.41) is 4.76. The van der Waals surface area contributed by atoms with Crippen LogP contribution in [0.1, 0.15) is 44.4 Å². The maximum absolute atomic E-state index is 12.1. The molecule has 0 radical (unpaired) electrons. The topological polar surface area (TPSA) is 47.6 Å². The van der Waals surface area contributed by atoms with Crippen molar-refractivity contribution in [2.75, 3.05) is 5.32 Å². The molecule has 0 aromatic heterocycles. The first-order valence-corrected chi connectivity index (χ1v) is 10.0. The Hall–Kier alpha value is -3.27. The Kier molecular flexibility index (Phi) is 6.16. The van der Waals surface area contributed by atoms with E-state index in [0.717, 1.165) is 38.8 Å². The number of rotatable bonds is 5. The van der Waals surface area contributed by atoms with Gasteiger partial charge < -0.3 is 9.47 Å². The summed E-state index contributed by atoms with van der Waals surface area (Å²) in [6.07, 6.45) is -0.474. The van der Waals surface area contributed by atoms with Crippen LogP contribution in [0.5, 0.6) is 5.75 Å². The molecule has 0 saturated heterocycles. The summed E-state index contributed by atoms with van der Waals surface area (Å²) < 4.78 is 11.6. The molecule has 0 unspecified atom stereocenters. The predicted octanol–water partition coefficient (Wildman–Crippen LogP) is 7.11. The number of nitrogens with one attached hydrogen (secondary N) is 1. The van der Waals surface area contributed by atoms with Crippen LogP contribution in [0.4, 0.5) is 10.5 Å². The van der Waals surface area contributed by atoms with Gasteiger partial charge in [-0.3, -0.25) is 5.32 Å². The molecular weight excluding hydrogens is 374 g/mol. The fraction of sp³-hybridized carbons (Fsp3) is 0.269. The molecule has 1 N–H and O–H groups in total. The molecular formula is C26H29NO3. The lowest BCUT2D eigenvalue weighted by molar-refractivity contribution is 0.0636. The van der Waals surface area contributed by atoms with Crippen molar-refractivity contribution in [3.63, 3.8) is 0 Å². The van der Waals surface area contributed by atoms with E-state index in [2.05, 4.69) is 18.0 Å². The summed E-state index contributed by atoms with van der Waals surface area (Å²) in [6, 6.07) is 17.9. The Morgan fingerprint density at radius 2 is 1.77 bits per heavy atom. The number of hydrogen-bond donors (Lipinski definition) is 1. The van der Waals surface area contributed by atoms with Crippen LogP contribution in [0.3, 0.4) is 0 Å². The van der Waals surface area contributed by atoms with Gasteiger partial charge in [-0.05, 0) is 74.9 Å². The number of anilines is 1. The van der Waals surface area contributed by atoms with Crippen molar-refractivity contribution in [2.45, 2.75) is 46.8 Å². The van der Waals surface area contributed by atoms with Gasteiger partial charge in [-0.25, -0.2) is 4.79 Å². The van der Waals surface area contributed by atoms with E-state index in [0.29, 0.717) is 12.3 Å². The summed E-state index contributed by atoms with van der Waals surface area (Å²) in [5.74, 6) is 0.810. The van der Waals surface area contributed by atoms with Crippen LogP contribution in [0.25, 0.3) is 16.3 Å². The number of benzene rings is 3. The molecule has 1 amide bonds. The van der Waals surface area contributed by atoms with E-state index in [-0.39, 0.29) is 0 Å². The Bertz CT molecular complexity index is 1080. The van der Waals surface area contributed by atoms with Crippen molar-refractivity contribution in [1.82, 2.24) is 0 Å². The zero-order chi connectivity index (χ0) is 21.9. The van der Waals surface area contributed by atoms with Crippen molar-refractivity contribution in [3.8, 4) is 5.75 Å². The van der Waals surface area contributed by atoms with Gasteiger partial charge in [0.05, 0.1) is 0 Å². The van der Waals surface area contributed by atoms with Gasteiger partial charge in [-0.1, -0.05) is 43.0 Å². The zero-order valence-corrected chi connectivity index (χ0v) is 18.3. The Balaban J connectivity index is 1.97. The average Bonchev–Trinajstić information content (AvgIpc) is 2.64. The van der Waals surface area contributed by atoms with E-state index in [4.69, 9.17) is 9.47 Å². The third-order valence-electron chi connectivity index (χ3n) is 4.59. The first kappa shape index (κ1) is 21.4. The van der Waals surface area contributed by atoms with Crippen LogP contribution in [-0.4, -0.2) is 11.7 Å². The minimum atomic E-state index is -0.549. The summed E-state index contributed by atoms with van der Waals surface area (Å²) >= 11 is 0. The lowest BCUT2D eigenvalue weighted by Gasteiger charge is -2.20. The molecule has 4 heteroatoms. The van der Waals surface area contributed by atoms with E-state index in [1.807, 2.05) is 83.1 Å². The average molecular weight is 404 g/mol. The molecule has 3 aromatic carbocycles. The highest BCUT2D eigenvalue weighted by molar-refractivity contribution is 5.98. The number of fused-ring (bicyclic) bond motifs is 1. The van der Waals surface area contributed by atoms with Crippen LogP contribution in [0.15, 0.2) is 61.2 Å². The molecule has 30 heavy (non-hydrogen) atoms. The van der Waals surface area contributed by atoms with Crippen molar-refractivity contribution in [2.24, 2.45) is 0 Å². The molecule has 3 aromatic rings. The zero-order valence-electron chi connectivity index (χ0n) is 18.3. The number of amides is 1. The summed E-state index contributed by atoms with van der Waals surface area (Å²) in [5.41, 5.74) is 4.27. The van der Waals surface area contributed by atoms with Gasteiger partial charge in [0.15, 0.2) is 0 Å². The molecule has 0 bridgehead atoms.